The van der Waals surface area contributed by atoms with Gasteiger partial charge in [0.15, 0.2) is 5.43 Å². The zero-order valence-corrected chi connectivity index (χ0v) is 21.6. The van der Waals surface area contributed by atoms with Gasteiger partial charge in [-0.25, -0.2) is 18.4 Å². The van der Waals surface area contributed by atoms with Crippen molar-refractivity contribution in [1.82, 2.24) is 19.9 Å². The molecule has 0 amide bonds. The lowest BCUT2D eigenvalue weighted by Crippen LogP contribution is -2.20. The number of H-pyrrole nitrogens is 1. The van der Waals surface area contributed by atoms with Crippen LogP contribution in [-0.2, 0) is 15.8 Å². The number of hydrogen-bond donors (Lipinski definition) is 2. The highest BCUT2D eigenvalue weighted by Gasteiger charge is 2.19. The Bertz CT molecular complexity index is 1770. The average Bonchev–Trinajstić information content (AvgIpc) is 2.86. The van der Waals surface area contributed by atoms with Crippen molar-refractivity contribution in [3.05, 3.63) is 105 Å². The summed E-state index contributed by atoms with van der Waals surface area (Å²) in [5.74, 6) is -0.512. The molecule has 0 radical (unpaired) electrons. The summed E-state index contributed by atoms with van der Waals surface area (Å²) < 4.78 is 28.1. The molecular weight excluding hydrogens is 510 g/mol. The van der Waals surface area contributed by atoms with Gasteiger partial charge in [0.25, 0.3) is 0 Å². The van der Waals surface area contributed by atoms with E-state index in [1.807, 2.05) is 43.3 Å². The van der Waals surface area contributed by atoms with Crippen molar-refractivity contribution in [3.8, 4) is 22.4 Å². The Hall–Kier alpha value is -4.08. The molecule has 0 spiro atoms. The molecular formula is C27H22ClN5O3S. The van der Waals surface area contributed by atoms with Gasteiger partial charge in [-0.05, 0) is 49.7 Å². The number of benzene rings is 1. The molecule has 10 heteroatoms. The number of aryl methyl sites for hydroxylation is 2. The Morgan fingerprint density at radius 3 is 2.43 bits per heavy atom. The van der Waals surface area contributed by atoms with E-state index in [1.54, 1.807) is 31.2 Å². The lowest BCUT2D eigenvalue weighted by molar-refractivity contribution is 0.600. The van der Waals surface area contributed by atoms with Crippen LogP contribution in [0.1, 0.15) is 17.0 Å². The molecule has 0 atom stereocenters. The SMILES string of the molecule is Cc1ccc(NS(=O)(=O)Cc2c[nH]c3nc(-c4ccccc4)c(-c4cc(C)nc(Cl)c4)cc3c2=O)cn1. The van der Waals surface area contributed by atoms with Crippen LogP contribution in [0.5, 0.6) is 0 Å². The van der Waals surface area contributed by atoms with Crippen LogP contribution < -0.4 is 10.2 Å². The molecule has 0 saturated carbocycles. The average molecular weight is 532 g/mol. The molecule has 4 heterocycles. The number of hydrogen-bond acceptors (Lipinski definition) is 6. The quantitative estimate of drug-likeness (QED) is 0.289. The summed E-state index contributed by atoms with van der Waals surface area (Å²) in [6.07, 6.45) is 2.83. The zero-order chi connectivity index (χ0) is 26.2. The van der Waals surface area contributed by atoms with Gasteiger partial charge in [0.1, 0.15) is 10.8 Å². The lowest BCUT2D eigenvalue weighted by atomic mass is 9.98. The number of sulfonamides is 1. The molecule has 0 aliphatic heterocycles. The summed E-state index contributed by atoms with van der Waals surface area (Å²) >= 11 is 6.24. The highest BCUT2D eigenvalue weighted by molar-refractivity contribution is 7.91. The van der Waals surface area contributed by atoms with Crippen molar-refractivity contribution in [2.45, 2.75) is 19.6 Å². The smallest absolute Gasteiger partial charge is 0.237 e. The van der Waals surface area contributed by atoms with E-state index in [0.29, 0.717) is 33.4 Å². The van der Waals surface area contributed by atoms with Crippen LogP contribution in [0.3, 0.4) is 0 Å². The largest absolute Gasteiger partial charge is 0.346 e. The van der Waals surface area contributed by atoms with Crippen molar-refractivity contribution in [1.29, 1.82) is 0 Å². The molecule has 0 saturated heterocycles. The van der Waals surface area contributed by atoms with Crippen LogP contribution in [0.2, 0.25) is 5.15 Å². The summed E-state index contributed by atoms with van der Waals surface area (Å²) in [6, 6.07) is 18.2. The monoisotopic (exact) mass is 531 g/mol. The van der Waals surface area contributed by atoms with Crippen molar-refractivity contribution in [2.24, 2.45) is 0 Å². The van der Waals surface area contributed by atoms with Gasteiger partial charge in [-0.1, -0.05) is 41.9 Å². The second kappa shape index (κ2) is 9.76. The van der Waals surface area contributed by atoms with E-state index in [-0.39, 0.29) is 10.9 Å². The second-order valence-electron chi connectivity index (χ2n) is 8.66. The number of aromatic nitrogens is 4. The third-order valence-corrected chi connectivity index (χ3v) is 7.18. The first-order valence-corrected chi connectivity index (χ1v) is 13.4. The number of anilines is 1. The first kappa shape index (κ1) is 24.6. The normalized spacial score (nSPS) is 11.5. The number of nitrogens with one attached hydrogen (secondary N) is 2. The van der Waals surface area contributed by atoms with Gasteiger partial charge in [0, 0.05) is 34.3 Å². The van der Waals surface area contributed by atoms with E-state index in [2.05, 4.69) is 19.7 Å². The Morgan fingerprint density at radius 2 is 1.73 bits per heavy atom. The molecule has 5 aromatic rings. The fraction of sp³-hybridized carbons (Fsp3) is 0.111. The Labute approximate surface area is 218 Å². The van der Waals surface area contributed by atoms with Crippen molar-refractivity contribution in [2.75, 3.05) is 4.72 Å². The molecule has 0 unspecified atom stereocenters. The number of nitrogens with zero attached hydrogens (tertiary/aromatic N) is 3. The number of aromatic amines is 1. The molecule has 2 N–H and O–H groups in total. The Morgan fingerprint density at radius 1 is 0.946 bits per heavy atom. The lowest BCUT2D eigenvalue weighted by Gasteiger charge is -2.13. The van der Waals surface area contributed by atoms with E-state index in [9.17, 15) is 13.2 Å². The number of pyridine rings is 4. The molecule has 0 aliphatic carbocycles. The second-order valence-corrected chi connectivity index (χ2v) is 10.8. The van der Waals surface area contributed by atoms with Crippen LogP contribution in [0.15, 0.2) is 77.9 Å². The van der Waals surface area contributed by atoms with E-state index < -0.39 is 21.2 Å². The van der Waals surface area contributed by atoms with Crippen LogP contribution in [-0.4, -0.2) is 28.4 Å². The molecule has 0 aliphatic rings. The molecule has 4 aromatic heterocycles. The van der Waals surface area contributed by atoms with Crippen LogP contribution in [0.4, 0.5) is 5.69 Å². The Kier molecular flexibility index (Phi) is 6.49. The molecule has 5 rings (SSSR count). The first-order chi connectivity index (χ1) is 17.7. The standard InChI is InChI=1S/C27H22ClN5O3S/c1-16-8-9-21(14-29-16)33-37(35,36)15-20-13-30-27-23(26(20)34)12-22(19-10-17(2)31-24(28)11-19)25(32-27)18-6-4-3-5-7-18/h3-14,33H,15H2,1-2H3,(H,30,32,34). The van der Waals surface area contributed by atoms with Crippen LogP contribution in [0, 0.1) is 13.8 Å². The highest BCUT2D eigenvalue weighted by Crippen LogP contribution is 2.33. The third-order valence-electron chi connectivity index (χ3n) is 5.75. The molecule has 0 bridgehead atoms. The van der Waals surface area contributed by atoms with E-state index >= 15 is 0 Å². The van der Waals surface area contributed by atoms with Gasteiger partial charge in [0.05, 0.1) is 28.7 Å². The zero-order valence-electron chi connectivity index (χ0n) is 20.0. The maximum absolute atomic E-state index is 13.5. The predicted molar refractivity (Wildman–Crippen MR) is 146 cm³/mol. The molecule has 8 nitrogen and oxygen atoms in total. The minimum Gasteiger partial charge on any atom is -0.346 e. The van der Waals surface area contributed by atoms with E-state index in [0.717, 1.165) is 16.8 Å². The highest BCUT2D eigenvalue weighted by atomic mass is 35.5. The summed E-state index contributed by atoms with van der Waals surface area (Å²) in [7, 11) is -3.87. The molecule has 1 aromatic carbocycles. The third kappa shape index (κ3) is 5.37. The van der Waals surface area contributed by atoms with Gasteiger partial charge in [-0.2, -0.15) is 0 Å². The fourth-order valence-corrected chi connectivity index (χ4v) is 5.49. The van der Waals surface area contributed by atoms with E-state index in [1.165, 1.54) is 12.4 Å². The molecule has 37 heavy (non-hydrogen) atoms. The predicted octanol–water partition coefficient (Wildman–Crippen LogP) is 5.26. The van der Waals surface area contributed by atoms with Gasteiger partial charge in [-0.15, -0.1) is 0 Å². The molecule has 0 fully saturated rings. The summed E-state index contributed by atoms with van der Waals surface area (Å²) in [6.45, 7) is 3.64. The van der Waals surface area contributed by atoms with E-state index in [4.69, 9.17) is 16.6 Å². The summed E-state index contributed by atoms with van der Waals surface area (Å²) in [4.78, 5) is 29.6. The van der Waals surface area contributed by atoms with Crippen molar-refractivity contribution >= 4 is 38.3 Å². The first-order valence-electron chi connectivity index (χ1n) is 11.4. The minimum atomic E-state index is -3.87. The van der Waals surface area contributed by atoms with Crippen LogP contribution in [0.25, 0.3) is 33.4 Å². The molecule has 186 valence electrons. The fourth-order valence-electron chi connectivity index (χ4n) is 4.07. The van der Waals surface area contributed by atoms with Gasteiger partial charge in [-0.3, -0.25) is 14.5 Å². The number of fused-ring (bicyclic) bond motifs is 1. The van der Waals surface area contributed by atoms with Gasteiger partial charge < -0.3 is 4.98 Å². The van der Waals surface area contributed by atoms with Gasteiger partial charge in [0.2, 0.25) is 10.0 Å². The Balaban J connectivity index is 1.62. The summed E-state index contributed by atoms with van der Waals surface area (Å²) in [5, 5.41) is 0.588. The number of rotatable bonds is 6. The van der Waals surface area contributed by atoms with Gasteiger partial charge >= 0.3 is 0 Å². The topological polar surface area (TPSA) is 118 Å². The maximum atomic E-state index is 13.5. The maximum Gasteiger partial charge on any atom is 0.237 e. The minimum absolute atomic E-state index is 0.0872. The summed E-state index contributed by atoms with van der Waals surface area (Å²) in [5.41, 5.74) is 4.75. The van der Waals surface area contributed by atoms with Crippen molar-refractivity contribution < 1.29 is 8.42 Å². The van der Waals surface area contributed by atoms with Crippen LogP contribution >= 0.6 is 11.6 Å². The number of halogens is 1. The van der Waals surface area contributed by atoms with Crippen molar-refractivity contribution in [3.63, 3.8) is 0 Å².